The second kappa shape index (κ2) is 9.86. The zero-order valence-corrected chi connectivity index (χ0v) is 21.2. The minimum atomic E-state index is -1.01. The number of halogens is 3. The molecule has 0 bridgehead atoms. The van der Waals surface area contributed by atoms with Crippen LogP contribution in [0.2, 0.25) is 0 Å². The molecule has 0 aliphatic carbocycles. The van der Waals surface area contributed by atoms with Gasteiger partial charge in [0.2, 0.25) is 0 Å². The molecule has 1 aromatic heterocycles. The van der Waals surface area contributed by atoms with E-state index in [9.17, 15) is 22.8 Å². The van der Waals surface area contributed by atoms with Crippen LogP contribution in [0.25, 0.3) is 22.0 Å². The molecule has 3 aromatic rings. The normalized spacial score (nSPS) is 17.7. The number of thioether (sulfide) groups is 1. The monoisotopic (exact) mass is 530 g/mol. The third-order valence-corrected chi connectivity index (χ3v) is 8.05. The van der Waals surface area contributed by atoms with Gasteiger partial charge in [-0.15, -0.1) is 11.8 Å². The fraction of sp³-hybridized carbons (Fsp3) is 0.346. The SMILES string of the molecule is C=C(F)C(=O)N1CCN(c2nc(=O)n3c4c(c(-c5ccc(F)cc5F)c(C)cc24)SC[C@@H](OC)C3)CC1. The van der Waals surface area contributed by atoms with Gasteiger partial charge in [0.15, 0.2) is 5.83 Å². The van der Waals surface area contributed by atoms with Gasteiger partial charge in [0.1, 0.15) is 17.5 Å². The summed E-state index contributed by atoms with van der Waals surface area (Å²) in [5, 5.41) is 0.706. The van der Waals surface area contributed by atoms with Gasteiger partial charge < -0.3 is 14.5 Å². The van der Waals surface area contributed by atoms with Crippen LogP contribution in [0.3, 0.4) is 0 Å². The summed E-state index contributed by atoms with van der Waals surface area (Å²) in [6.07, 6.45) is -0.277. The molecule has 3 heterocycles. The minimum Gasteiger partial charge on any atom is -0.379 e. The van der Waals surface area contributed by atoms with E-state index in [-0.39, 0.29) is 31.3 Å². The van der Waals surface area contributed by atoms with Crippen LogP contribution in [0.5, 0.6) is 0 Å². The Labute approximate surface area is 215 Å². The highest BCUT2D eigenvalue weighted by atomic mass is 32.2. The van der Waals surface area contributed by atoms with E-state index in [1.165, 1.54) is 28.8 Å². The number of carbonyl (C=O) groups excluding carboxylic acids is 1. The van der Waals surface area contributed by atoms with Crippen molar-refractivity contribution in [1.82, 2.24) is 14.5 Å². The highest BCUT2D eigenvalue weighted by Gasteiger charge is 2.30. The average Bonchev–Trinajstić information content (AvgIpc) is 3.07. The van der Waals surface area contributed by atoms with Crippen molar-refractivity contribution in [2.45, 2.75) is 24.5 Å². The van der Waals surface area contributed by atoms with Crippen LogP contribution in [0.15, 0.2) is 46.4 Å². The van der Waals surface area contributed by atoms with Gasteiger partial charge in [0.25, 0.3) is 5.91 Å². The Morgan fingerprint density at radius 1 is 1.19 bits per heavy atom. The molecular weight excluding hydrogens is 505 g/mol. The number of hydrogen-bond acceptors (Lipinski definition) is 6. The number of ether oxygens (including phenoxy) is 1. The third kappa shape index (κ3) is 4.50. The number of carbonyl (C=O) groups is 1. The quantitative estimate of drug-likeness (QED) is 0.477. The van der Waals surface area contributed by atoms with E-state index < -0.39 is 29.1 Å². The molecule has 2 aliphatic heterocycles. The molecule has 1 saturated heterocycles. The number of anilines is 1. The number of nitrogens with zero attached hydrogens (tertiary/aromatic N) is 4. The van der Waals surface area contributed by atoms with Crippen LogP contribution in [-0.4, -0.2) is 65.5 Å². The summed E-state index contributed by atoms with van der Waals surface area (Å²) < 4.78 is 49.2. The Bertz CT molecular complexity index is 1480. The predicted octanol–water partition coefficient (Wildman–Crippen LogP) is 3.90. The second-order valence-corrected chi connectivity index (χ2v) is 10.1. The van der Waals surface area contributed by atoms with Gasteiger partial charge in [0.05, 0.1) is 18.2 Å². The number of piperazine rings is 1. The number of amides is 1. The first-order valence-corrected chi connectivity index (χ1v) is 12.8. The number of benzene rings is 2. The predicted molar refractivity (Wildman–Crippen MR) is 137 cm³/mol. The Kier molecular flexibility index (Phi) is 6.76. The highest BCUT2D eigenvalue weighted by Crippen LogP contribution is 2.44. The number of rotatable bonds is 4. The molecule has 2 aromatic carbocycles. The maximum Gasteiger partial charge on any atom is 0.350 e. The van der Waals surface area contributed by atoms with Crippen LogP contribution in [0, 0.1) is 18.6 Å². The molecule has 0 saturated carbocycles. The first kappa shape index (κ1) is 25.3. The standard InChI is InChI=1S/C26H25F3N4O3S/c1-14-10-19-22-23(21(14)18-5-4-16(28)11-20(18)29)37-13-17(36-3)12-33(22)26(35)30-24(19)31-6-8-32(9-7-31)25(34)15(2)27/h4-5,10-11,17H,2,6-9,12-13H2,1,3H3/t17-/m0/s1. The second-order valence-electron chi connectivity index (χ2n) is 9.10. The van der Waals surface area contributed by atoms with Crippen molar-refractivity contribution in [3.8, 4) is 11.1 Å². The van der Waals surface area contributed by atoms with Crippen LogP contribution in [0.4, 0.5) is 19.0 Å². The molecule has 1 atom stereocenters. The molecule has 11 heteroatoms. The van der Waals surface area contributed by atoms with E-state index in [4.69, 9.17) is 4.74 Å². The molecule has 194 valence electrons. The van der Waals surface area contributed by atoms with E-state index in [0.29, 0.717) is 46.0 Å². The number of hydrogen-bond donors (Lipinski definition) is 0. The van der Waals surface area contributed by atoms with Crippen molar-refractivity contribution in [3.05, 3.63) is 64.4 Å². The van der Waals surface area contributed by atoms with Gasteiger partial charge in [-0.05, 0) is 30.7 Å². The molecule has 2 aliphatic rings. The maximum absolute atomic E-state index is 15.0. The summed E-state index contributed by atoms with van der Waals surface area (Å²) in [7, 11) is 1.57. The van der Waals surface area contributed by atoms with Gasteiger partial charge in [-0.3, -0.25) is 9.36 Å². The Hall–Kier alpha value is -3.31. The summed E-state index contributed by atoms with van der Waals surface area (Å²) >= 11 is 1.46. The van der Waals surface area contributed by atoms with Gasteiger partial charge >= 0.3 is 5.69 Å². The summed E-state index contributed by atoms with van der Waals surface area (Å²) in [5.74, 6) is -2.14. The molecule has 7 nitrogen and oxygen atoms in total. The molecular formula is C26H25F3N4O3S. The number of aryl methyl sites for hydroxylation is 1. The molecule has 0 unspecified atom stereocenters. The molecule has 5 rings (SSSR count). The minimum absolute atomic E-state index is 0.245. The smallest absolute Gasteiger partial charge is 0.350 e. The molecule has 37 heavy (non-hydrogen) atoms. The lowest BCUT2D eigenvalue weighted by atomic mass is 9.97. The van der Waals surface area contributed by atoms with Crippen molar-refractivity contribution in [3.63, 3.8) is 0 Å². The zero-order valence-electron chi connectivity index (χ0n) is 20.4. The molecule has 0 spiro atoms. The van der Waals surface area contributed by atoms with E-state index in [0.717, 1.165) is 11.6 Å². The van der Waals surface area contributed by atoms with Gasteiger partial charge in [-0.1, -0.05) is 6.58 Å². The molecule has 0 N–H and O–H groups in total. The Morgan fingerprint density at radius 2 is 1.92 bits per heavy atom. The Morgan fingerprint density at radius 3 is 2.57 bits per heavy atom. The lowest BCUT2D eigenvalue weighted by molar-refractivity contribution is -0.128. The average molecular weight is 531 g/mol. The van der Waals surface area contributed by atoms with Crippen LogP contribution < -0.4 is 10.6 Å². The number of methoxy groups -OCH3 is 1. The van der Waals surface area contributed by atoms with Crippen molar-refractivity contribution >= 4 is 34.4 Å². The summed E-state index contributed by atoms with van der Waals surface area (Å²) in [6, 6.07) is 5.34. The van der Waals surface area contributed by atoms with Crippen molar-refractivity contribution in [2.75, 3.05) is 43.9 Å². The summed E-state index contributed by atoms with van der Waals surface area (Å²) in [6.45, 7) is 6.39. The van der Waals surface area contributed by atoms with E-state index in [1.54, 1.807) is 11.7 Å². The summed E-state index contributed by atoms with van der Waals surface area (Å²) in [5.41, 5.74) is 1.72. The van der Waals surface area contributed by atoms with Crippen LogP contribution in [0.1, 0.15) is 5.56 Å². The van der Waals surface area contributed by atoms with Gasteiger partial charge in [-0.2, -0.15) is 4.98 Å². The van der Waals surface area contributed by atoms with Gasteiger partial charge in [0, 0.05) is 66.5 Å². The molecule has 1 amide bonds. The highest BCUT2D eigenvalue weighted by molar-refractivity contribution is 7.99. The van der Waals surface area contributed by atoms with E-state index >= 15 is 0 Å². The van der Waals surface area contributed by atoms with Crippen molar-refractivity contribution < 1.29 is 22.7 Å². The largest absolute Gasteiger partial charge is 0.379 e. The lowest BCUT2D eigenvalue weighted by Gasteiger charge is -2.35. The third-order valence-electron chi connectivity index (χ3n) is 6.83. The lowest BCUT2D eigenvalue weighted by Crippen LogP contribution is -2.49. The fourth-order valence-electron chi connectivity index (χ4n) is 4.97. The summed E-state index contributed by atoms with van der Waals surface area (Å²) in [4.78, 5) is 33.7. The first-order chi connectivity index (χ1) is 17.7. The Balaban J connectivity index is 1.70. The maximum atomic E-state index is 15.0. The fourth-order valence-corrected chi connectivity index (χ4v) is 6.33. The molecule has 1 fully saturated rings. The topological polar surface area (TPSA) is 67.7 Å². The van der Waals surface area contributed by atoms with Crippen molar-refractivity contribution in [2.24, 2.45) is 0 Å². The molecule has 0 radical (unpaired) electrons. The van der Waals surface area contributed by atoms with Crippen LogP contribution >= 0.6 is 11.8 Å². The van der Waals surface area contributed by atoms with E-state index in [1.807, 2.05) is 17.9 Å². The van der Waals surface area contributed by atoms with Crippen molar-refractivity contribution in [1.29, 1.82) is 0 Å². The van der Waals surface area contributed by atoms with E-state index in [2.05, 4.69) is 11.6 Å². The van der Waals surface area contributed by atoms with Gasteiger partial charge in [-0.25, -0.2) is 18.0 Å². The zero-order chi connectivity index (χ0) is 26.4. The number of aromatic nitrogens is 2. The first-order valence-electron chi connectivity index (χ1n) is 11.8. The van der Waals surface area contributed by atoms with Crippen LogP contribution in [-0.2, 0) is 16.1 Å².